The van der Waals surface area contributed by atoms with Gasteiger partial charge in [0, 0.05) is 37.3 Å². The number of hydrogen-bond acceptors (Lipinski definition) is 8. The SMILES string of the molecule is CN(C[C@@H]1C[C@H](c2ccc(CO)cc2)O[C@H](c2cccc(NC(=O)[C@@H]3CCCN3C(=O)C(F)(F)F)c2)O1)C[C@@H](O)c1cccc(O)c1. The number of alkyl halides is 3. The van der Waals surface area contributed by atoms with Gasteiger partial charge in [0.2, 0.25) is 5.91 Å². The van der Waals surface area contributed by atoms with E-state index in [9.17, 15) is 38.1 Å². The zero-order valence-corrected chi connectivity index (χ0v) is 25.8. The lowest BCUT2D eigenvalue weighted by molar-refractivity contribution is -0.252. The number of nitrogens with one attached hydrogen (secondary N) is 1. The van der Waals surface area contributed by atoms with E-state index < -0.39 is 42.5 Å². The molecule has 47 heavy (non-hydrogen) atoms. The number of phenols is 1. The van der Waals surface area contributed by atoms with Crippen LogP contribution in [0.4, 0.5) is 18.9 Å². The zero-order chi connectivity index (χ0) is 33.7. The number of likely N-dealkylation sites (N-methyl/N-ethyl adjacent to an activating group) is 1. The Bertz CT molecular complexity index is 1540. The van der Waals surface area contributed by atoms with Crippen molar-refractivity contribution in [3.05, 3.63) is 95.1 Å². The maximum Gasteiger partial charge on any atom is 0.471 e. The highest BCUT2D eigenvalue weighted by atomic mass is 19.4. The normalized spacial score (nSPS) is 22.3. The summed E-state index contributed by atoms with van der Waals surface area (Å²) in [6.45, 7) is 0.429. The maximum atomic E-state index is 13.1. The number of carbonyl (C=O) groups excluding carboxylic acids is 2. The van der Waals surface area contributed by atoms with Crippen LogP contribution in [0.25, 0.3) is 0 Å². The standard InChI is InChI=1S/C34H38F3N3O7/c1-39(19-29(43)23-5-3-8-26(42)16-23)18-27-17-30(22-12-10-21(20-41)11-13-22)47-32(46-27)24-6-2-7-25(15-24)38-31(44)28-9-4-14-40(28)33(45)34(35,36)37/h2-3,5-8,10-13,15-16,27-30,32,41-43H,4,9,14,17-20H2,1H3,(H,38,44)/t27-,28-,29+,30+,32+/m0/s1. The van der Waals surface area contributed by atoms with E-state index in [0.29, 0.717) is 34.7 Å². The minimum Gasteiger partial charge on any atom is -0.508 e. The molecule has 3 aromatic rings. The summed E-state index contributed by atoms with van der Waals surface area (Å²) < 4.78 is 52.0. The van der Waals surface area contributed by atoms with Crippen molar-refractivity contribution in [1.82, 2.24) is 9.80 Å². The van der Waals surface area contributed by atoms with Crippen LogP contribution in [0, 0.1) is 0 Å². The predicted octanol–water partition coefficient (Wildman–Crippen LogP) is 4.59. The summed E-state index contributed by atoms with van der Waals surface area (Å²) in [5, 5.41) is 32.7. The van der Waals surface area contributed by atoms with Crippen LogP contribution < -0.4 is 5.32 Å². The Hall–Kier alpha value is -4.01. The number of likely N-dealkylation sites (tertiary alicyclic amines) is 1. The first-order valence-electron chi connectivity index (χ1n) is 15.4. The molecule has 2 aliphatic rings. The molecule has 252 valence electrons. The van der Waals surface area contributed by atoms with Gasteiger partial charge in [-0.2, -0.15) is 13.2 Å². The van der Waals surface area contributed by atoms with Gasteiger partial charge in [-0.25, -0.2) is 0 Å². The van der Waals surface area contributed by atoms with Crippen molar-refractivity contribution in [2.24, 2.45) is 0 Å². The Morgan fingerprint density at radius 3 is 2.49 bits per heavy atom. The Morgan fingerprint density at radius 1 is 1.04 bits per heavy atom. The Labute approximate surface area is 270 Å². The summed E-state index contributed by atoms with van der Waals surface area (Å²) in [6.07, 6.45) is -6.70. The van der Waals surface area contributed by atoms with E-state index in [4.69, 9.17) is 9.47 Å². The number of amides is 2. The molecule has 3 aromatic carbocycles. The number of rotatable bonds is 10. The molecule has 2 aliphatic heterocycles. The molecule has 2 fully saturated rings. The number of benzene rings is 3. The average molecular weight is 658 g/mol. The van der Waals surface area contributed by atoms with Crippen LogP contribution in [-0.2, 0) is 25.7 Å². The van der Waals surface area contributed by atoms with E-state index in [1.807, 2.05) is 36.2 Å². The Balaban J connectivity index is 1.31. The summed E-state index contributed by atoms with van der Waals surface area (Å²) in [5.41, 5.74) is 3.05. The van der Waals surface area contributed by atoms with Crippen molar-refractivity contribution in [3.8, 4) is 5.75 Å². The lowest BCUT2D eigenvalue weighted by Gasteiger charge is -2.38. The summed E-state index contributed by atoms with van der Waals surface area (Å²) >= 11 is 0. The van der Waals surface area contributed by atoms with Gasteiger partial charge in [0.05, 0.1) is 24.9 Å². The van der Waals surface area contributed by atoms with E-state index >= 15 is 0 Å². The molecule has 2 saturated heterocycles. The van der Waals surface area contributed by atoms with Crippen molar-refractivity contribution < 1.29 is 47.6 Å². The van der Waals surface area contributed by atoms with Gasteiger partial charge >= 0.3 is 12.1 Å². The van der Waals surface area contributed by atoms with Crippen molar-refractivity contribution in [2.45, 2.75) is 62.7 Å². The van der Waals surface area contributed by atoms with Gasteiger partial charge in [0.25, 0.3) is 0 Å². The Morgan fingerprint density at radius 2 is 1.79 bits per heavy atom. The summed E-state index contributed by atoms with van der Waals surface area (Å²) in [5.74, 6) is -2.69. The first-order valence-corrected chi connectivity index (χ1v) is 15.4. The molecule has 5 rings (SSSR count). The van der Waals surface area contributed by atoms with E-state index in [-0.39, 0.29) is 44.4 Å². The molecule has 0 bridgehead atoms. The van der Waals surface area contributed by atoms with E-state index in [0.717, 1.165) is 11.1 Å². The number of phenolic OH excluding ortho intramolecular Hbond substituents is 1. The van der Waals surface area contributed by atoms with Gasteiger partial charge in [-0.15, -0.1) is 0 Å². The maximum absolute atomic E-state index is 13.1. The molecule has 10 nitrogen and oxygen atoms in total. The molecule has 0 spiro atoms. The van der Waals surface area contributed by atoms with E-state index in [1.54, 1.807) is 36.4 Å². The number of hydrogen-bond donors (Lipinski definition) is 4. The largest absolute Gasteiger partial charge is 0.508 e. The van der Waals surface area contributed by atoms with Crippen LogP contribution in [0.3, 0.4) is 0 Å². The first kappa shape index (κ1) is 34.3. The molecule has 5 atom stereocenters. The van der Waals surface area contributed by atoms with Gasteiger partial charge in [0.15, 0.2) is 6.29 Å². The number of nitrogens with zero attached hydrogens (tertiary/aromatic N) is 2. The highest BCUT2D eigenvalue weighted by Crippen LogP contribution is 2.39. The molecule has 0 aliphatic carbocycles. The molecule has 2 heterocycles. The molecule has 4 N–H and O–H groups in total. The predicted molar refractivity (Wildman–Crippen MR) is 165 cm³/mol. The van der Waals surface area contributed by atoms with Crippen LogP contribution in [0.15, 0.2) is 72.8 Å². The molecule has 2 amide bonds. The molecular formula is C34H38F3N3O7. The highest BCUT2D eigenvalue weighted by molar-refractivity contribution is 5.98. The van der Waals surface area contributed by atoms with Gasteiger partial charge in [0.1, 0.15) is 11.8 Å². The number of carbonyl (C=O) groups is 2. The molecule has 0 saturated carbocycles. The molecule has 0 aromatic heterocycles. The van der Waals surface area contributed by atoms with Crippen LogP contribution in [0.1, 0.15) is 60.0 Å². The molecule has 0 radical (unpaired) electrons. The second-order valence-corrected chi connectivity index (χ2v) is 12.0. The van der Waals surface area contributed by atoms with Gasteiger partial charge < -0.3 is 39.9 Å². The highest BCUT2D eigenvalue weighted by Gasteiger charge is 2.47. The summed E-state index contributed by atoms with van der Waals surface area (Å²) in [6, 6.07) is 19.2. The molecular weight excluding hydrogens is 619 g/mol. The fourth-order valence-electron chi connectivity index (χ4n) is 6.02. The molecule has 0 unspecified atom stereocenters. The minimum atomic E-state index is -5.07. The van der Waals surface area contributed by atoms with Crippen molar-refractivity contribution in [2.75, 3.05) is 32.0 Å². The van der Waals surface area contributed by atoms with E-state index in [2.05, 4.69) is 5.32 Å². The lowest BCUT2D eigenvalue weighted by Crippen LogP contribution is -2.48. The summed E-state index contributed by atoms with van der Waals surface area (Å²) in [4.78, 5) is 27.4. The monoisotopic (exact) mass is 657 g/mol. The van der Waals surface area contributed by atoms with Crippen LogP contribution in [-0.4, -0.2) is 81.9 Å². The minimum absolute atomic E-state index is 0.0589. The third kappa shape index (κ3) is 8.67. The zero-order valence-electron chi connectivity index (χ0n) is 25.8. The summed E-state index contributed by atoms with van der Waals surface area (Å²) in [7, 11) is 1.84. The number of aromatic hydroxyl groups is 1. The number of ether oxygens (including phenoxy) is 2. The van der Waals surface area contributed by atoms with Crippen molar-refractivity contribution in [3.63, 3.8) is 0 Å². The fraction of sp³-hybridized carbons (Fsp3) is 0.412. The lowest BCUT2D eigenvalue weighted by atomic mass is 9.99. The van der Waals surface area contributed by atoms with Crippen LogP contribution in [0.5, 0.6) is 5.75 Å². The van der Waals surface area contributed by atoms with Gasteiger partial charge in [-0.05, 0) is 60.8 Å². The van der Waals surface area contributed by atoms with Gasteiger partial charge in [-0.1, -0.05) is 48.5 Å². The second kappa shape index (κ2) is 14.8. The van der Waals surface area contributed by atoms with Crippen molar-refractivity contribution in [1.29, 1.82) is 0 Å². The number of aliphatic hydroxyl groups is 2. The smallest absolute Gasteiger partial charge is 0.471 e. The van der Waals surface area contributed by atoms with Crippen LogP contribution >= 0.6 is 0 Å². The fourth-order valence-corrected chi connectivity index (χ4v) is 6.02. The third-order valence-corrected chi connectivity index (χ3v) is 8.36. The number of aliphatic hydroxyl groups excluding tert-OH is 2. The van der Waals surface area contributed by atoms with Crippen LogP contribution in [0.2, 0.25) is 0 Å². The number of anilines is 1. The van der Waals surface area contributed by atoms with Gasteiger partial charge in [-0.3, -0.25) is 9.59 Å². The molecule has 13 heteroatoms. The first-order chi connectivity index (χ1) is 22.4. The topological polar surface area (TPSA) is 132 Å². The number of halogens is 3. The second-order valence-electron chi connectivity index (χ2n) is 12.0. The Kier molecular flexibility index (Phi) is 10.8. The average Bonchev–Trinajstić information content (AvgIpc) is 3.54. The quantitative estimate of drug-likeness (QED) is 0.249. The van der Waals surface area contributed by atoms with Crippen molar-refractivity contribution >= 4 is 17.5 Å². The van der Waals surface area contributed by atoms with E-state index in [1.165, 1.54) is 12.1 Å². The third-order valence-electron chi connectivity index (χ3n) is 8.36.